The summed E-state index contributed by atoms with van der Waals surface area (Å²) in [6, 6.07) is 12.3. The van der Waals surface area contributed by atoms with Crippen molar-refractivity contribution in [3.63, 3.8) is 0 Å². The number of carbonyl (C=O) groups excluding carboxylic acids is 1. The fourth-order valence-electron chi connectivity index (χ4n) is 2.73. The molecule has 3 rings (SSSR count). The smallest absolute Gasteiger partial charge is 0.167 e. The minimum absolute atomic E-state index is 0.190. The molecule has 1 heterocycles. The Labute approximate surface area is 119 Å². The number of carbonyl (C=O) groups is 1. The number of benzene rings is 2. The van der Waals surface area contributed by atoms with Gasteiger partial charge in [0.2, 0.25) is 0 Å². The topological polar surface area (TPSA) is 29.1 Å². The Hall–Kier alpha value is -2.09. The number of hydrogen-bond donors (Lipinski definition) is 1. The Morgan fingerprint density at radius 2 is 2.00 bits per heavy atom. The van der Waals surface area contributed by atoms with Crippen LogP contribution in [0.15, 0.2) is 36.4 Å². The summed E-state index contributed by atoms with van der Waals surface area (Å²) in [6.07, 6.45) is 1.53. The largest absolute Gasteiger partial charge is 0.384 e. The fourth-order valence-corrected chi connectivity index (χ4v) is 2.73. The summed E-state index contributed by atoms with van der Waals surface area (Å²) in [4.78, 5) is 12.4. The van der Waals surface area contributed by atoms with E-state index in [0.717, 1.165) is 29.8 Å². The Morgan fingerprint density at radius 1 is 1.15 bits per heavy atom. The van der Waals surface area contributed by atoms with Gasteiger partial charge in [0, 0.05) is 24.2 Å². The van der Waals surface area contributed by atoms with Gasteiger partial charge in [0.25, 0.3) is 0 Å². The molecule has 0 amide bonds. The molecule has 2 nitrogen and oxygen atoms in total. The van der Waals surface area contributed by atoms with Crippen molar-refractivity contribution < 1.29 is 4.79 Å². The number of aryl methyl sites for hydroxylation is 2. The molecule has 0 unspecified atom stereocenters. The summed E-state index contributed by atoms with van der Waals surface area (Å²) >= 11 is 0. The number of fused-ring (bicyclic) bond motifs is 1. The quantitative estimate of drug-likeness (QED) is 0.857. The Kier molecular flexibility index (Phi) is 3.31. The molecule has 0 bridgehead atoms. The number of anilines is 1. The highest BCUT2D eigenvalue weighted by molar-refractivity contribution is 5.98. The molecule has 0 aromatic heterocycles. The van der Waals surface area contributed by atoms with E-state index in [1.807, 2.05) is 12.1 Å². The molecule has 1 N–H and O–H groups in total. The van der Waals surface area contributed by atoms with Crippen molar-refractivity contribution in [2.75, 3.05) is 11.9 Å². The van der Waals surface area contributed by atoms with Crippen LogP contribution in [0.5, 0.6) is 0 Å². The fraction of sp³-hybridized carbons (Fsp3) is 0.278. The minimum Gasteiger partial charge on any atom is -0.384 e. The lowest BCUT2D eigenvalue weighted by atomic mass is 9.97. The van der Waals surface area contributed by atoms with Crippen molar-refractivity contribution in [2.24, 2.45) is 0 Å². The highest BCUT2D eigenvalue weighted by atomic mass is 16.1. The maximum Gasteiger partial charge on any atom is 0.167 e. The third-order valence-corrected chi connectivity index (χ3v) is 4.00. The zero-order chi connectivity index (χ0) is 14.1. The first-order valence-electron chi connectivity index (χ1n) is 7.09. The van der Waals surface area contributed by atoms with Gasteiger partial charge in [-0.2, -0.15) is 0 Å². The van der Waals surface area contributed by atoms with Crippen LogP contribution >= 0.6 is 0 Å². The molecule has 2 aromatic carbocycles. The van der Waals surface area contributed by atoms with Gasteiger partial charge in [-0.15, -0.1) is 0 Å². The van der Waals surface area contributed by atoms with Crippen molar-refractivity contribution in [2.45, 2.75) is 26.7 Å². The van der Waals surface area contributed by atoms with Crippen molar-refractivity contribution in [3.8, 4) is 0 Å². The lowest BCUT2D eigenvalue weighted by molar-refractivity contribution is 0.0993. The molecular weight excluding hydrogens is 246 g/mol. The number of nitrogens with one attached hydrogen (secondary N) is 1. The summed E-state index contributed by atoms with van der Waals surface area (Å²) in [5, 5.41) is 3.33. The van der Waals surface area contributed by atoms with Crippen LogP contribution < -0.4 is 5.32 Å². The third kappa shape index (κ3) is 2.46. The standard InChI is InChI=1S/C18H19NO/c1-12-3-4-13(2)16(9-12)11-18(20)15-6-5-14-7-8-19-17(14)10-15/h3-6,9-10,19H,7-8,11H2,1-2H3. The second-order valence-corrected chi connectivity index (χ2v) is 5.58. The SMILES string of the molecule is Cc1ccc(C)c(CC(=O)c2ccc3c(c2)NCC3)c1. The second-order valence-electron chi connectivity index (χ2n) is 5.58. The first-order chi connectivity index (χ1) is 9.63. The molecule has 0 atom stereocenters. The predicted molar refractivity (Wildman–Crippen MR) is 82.6 cm³/mol. The zero-order valence-corrected chi connectivity index (χ0v) is 12.0. The van der Waals surface area contributed by atoms with Crippen LogP contribution in [-0.4, -0.2) is 12.3 Å². The summed E-state index contributed by atoms with van der Waals surface area (Å²) in [6.45, 7) is 5.10. The molecule has 0 aliphatic carbocycles. The molecule has 2 aromatic rings. The number of hydrogen-bond acceptors (Lipinski definition) is 2. The van der Waals surface area contributed by atoms with Gasteiger partial charge in [-0.25, -0.2) is 0 Å². The van der Waals surface area contributed by atoms with Gasteiger partial charge in [0.15, 0.2) is 5.78 Å². The van der Waals surface area contributed by atoms with E-state index in [1.165, 1.54) is 16.7 Å². The van der Waals surface area contributed by atoms with E-state index in [4.69, 9.17) is 0 Å². The van der Waals surface area contributed by atoms with E-state index in [9.17, 15) is 4.79 Å². The zero-order valence-electron chi connectivity index (χ0n) is 12.0. The summed E-state index contributed by atoms with van der Waals surface area (Å²) in [7, 11) is 0. The van der Waals surface area contributed by atoms with Gasteiger partial charge in [0.1, 0.15) is 0 Å². The van der Waals surface area contributed by atoms with Crippen molar-refractivity contribution in [1.29, 1.82) is 0 Å². The monoisotopic (exact) mass is 265 g/mol. The number of Topliss-reactive ketones (excluding diaryl/α,β-unsaturated/α-hetero) is 1. The highest BCUT2D eigenvalue weighted by Crippen LogP contribution is 2.24. The Morgan fingerprint density at radius 3 is 2.85 bits per heavy atom. The lowest BCUT2D eigenvalue weighted by Gasteiger charge is -2.08. The van der Waals surface area contributed by atoms with E-state index < -0.39 is 0 Å². The molecule has 1 aliphatic rings. The second kappa shape index (κ2) is 5.12. The van der Waals surface area contributed by atoms with E-state index in [-0.39, 0.29) is 5.78 Å². The normalized spacial score (nSPS) is 12.9. The third-order valence-electron chi connectivity index (χ3n) is 4.00. The number of rotatable bonds is 3. The maximum atomic E-state index is 12.4. The lowest BCUT2D eigenvalue weighted by Crippen LogP contribution is -2.05. The van der Waals surface area contributed by atoms with E-state index in [1.54, 1.807) is 0 Å². The Bertz CT molecular complexity index is 673. The van der Waals surface area contributed by atoms with Crippen LogP contribution in [0.1, 0.15) is 32.6 Å². The molecule has 0 radical (unpaired) electrons. The van der Waals surface area contributed by atoms with Crippen LogP contribution in [0.4, 0.5) is 5.69 Å². The van der Waals surface area contributed by atoms with Gasteiger partial charge in [-0.05, 0) is 43.0 Å². The predicted octanol–water partition coefficient (Wildman–Crippen LogP) is 3.70. The van der Waals surface area contributed by atoms with Crippen molar-refractivity contribution in [3.05, 3.63) is 64.2 Å². The first kappa shape index (κ1) is 12.9. The Balaban J connectivity index is 1.84. The molecule has 1 aliphatic heterocycles. The molecule has 20 heavy (non-hydrogen) atoms. The molecule has 2 heteroatoms. The maximum absolute atomic E-state index is 12.4. The van der Waals surface area contributed by atoms with Crippen molar-refractivity contribution >= 4 is 11.5 Å². The van der Waals surface area contributed by atoms with Crippen LogP contribution in [0.2, 0.25) is 0 Å². The highest BCUT2D eigenvalue weighted by Gasteiger charge is 2.14. The van der Waals surface area contributed by atoms with Crippen LogP contribution in [-0.2, 0) is 12.8 Å². The van der Waals surface area contributed by atoms with Gasteiger partial charge < -0.3 is 5.32 Å². The summed E-state index contributed by atoms with van der Waals surface area (Å²) < 4.78 is 0. The molecular formula is C18H19NO. The number of ketones is 1. The van der Waals surface area contributed by atoms with Gasteiger partial charge in [-0.1, -0.05) is 35.9 Å². The van der Waals surface area contributed by atoms with E-state index in [2.05, 4.69) is 43.4 Å². The molecule has 102 valence electrons. The summed E-state index contributed by atoms with van der Waals surface area (Å²) in [5.74, 6) is 0.190. The average Bonchev–Trinajstić information content (AvgIpc) is 2.90. The van der Waals surface area contributed by atoms with Gasteiger partial charge in [-0.3, -0.25) is 4.79 Å². The van der Waals surface area contributed by atoms with Crippen LogP contribution in [0.3, 0.4) is 0 Å². The van der Waals surface area contributed by atoms with Crippen LogP contribution in [0, 0.1) is 13.8 Å². The molecule has 0 spiro atoms. The molecule has 0 saturated carbocycles. The van der Waals surface area contributed by atoms with Crippen LogP contribution in [0.25, 0.3) is 0 Å². The average molecular weight is 265 g/mol. The molecule has 0 fully saturated rings. The van der Waals surface area contributed by atoms with E-state index in [0.29, 0.717) is 6.42 Å². The van der Waals surface area contributed by atoms with Gasteiger partial charge in [0.05, 0.1) is 0 Å². The minimum atomic E-state index is 0.190. The van der Waals surface area contributed by atoms with E-state index >= 15 is 0 Å². The van der Waals surface area contributed by atoms with Crippen molar-refractivity contribution in [1.82, 2.24) is 0 Å². The molecule has 0 saturated heterocycles. The first-order valence-corrected chi connectivity index (χ1v) is 7.09. The summed E-state index contributed by atoms with van der Waals surface area (Å²) in [5.41, 5.74) is 6.75. The van der Waals surface area contributed by atoms with Gasteiger partial charge >= 0.3 is 0 Å².